The number of hydrogen-bond donors (Lipinski definition) is 1. The quantitative estimate of drug-likeness (QED) is 0.728. The molecule has 1 unspecified atom stereocenters. The summed E-state index contributed by atoms with van der Waals surface area (Å²) in [6.45, 7) is 2.75. The molecular weight excluding hydrogens is 236 g/mol. The van der Waals surface area contributed by atoms with Crippen molar-refractivity contribution in [3.8, 4) is 11.8 Å². The smallest absolute Gasteiger partial charge is 0.119 e. The summed E-state index contributed by atoms with van der Waals surface area (Å²) in [6, 6.07) is 12.9. The monoisotopic (exact) mass is 258 g/mol. The molecule has 3 heteroatoms. The van der Waals surface area contributed by atoms with Gasteiger partial charge < -0.3 is 4.74 Å². The molecule has 19 heavy (non-hydrogen) atoms. The van der Waals surface area contributed by atoms with Crippen molar-refractivity contribution in [2.24, 2.45) is 0 Å². The first-order valence-corrected chi connectivity index (χ1v) is 7.15. The highest BCUT2D eigenvalue weighted by atomic mass is 16.5. The molecule has 0 aromatic heterocycles. The lowest BCUT2D eigenvalue weighted by Gasteiger charge is -2.26. The van der Waals surface area contributed by atoms with E-state index in [1.807, 2.05) is 30.3 Å². The highest BCUT2D eigenvalue weighted by Crippen LogP contribution is 2.26. The second-order valence-electron chi connectivity index (χ2n) is 5.23. The topological polar surface area (TPSA) is 45.0 Å². The Hall–Kier alpha value is -1.53. The van der Waals surface area contributed by atoms with Crippen molar-refractivity contribution in [3.05, 3.63) is 30.3 Å². The van der Waals surface area contributed by atoms with Gasteiger partial charge in [-0.25, -0.2) is 0 Å². The summed E-state index contributed by atoms with van der Waals surface area (Å²) in [7, 11) is 0. The van der Waals surface area contributed by atoms with Gasteiger partial charge in [0.25, 0.3) is 0 Å². The van der Waals surface area contributed by atoms with Gasteiger partial charge in [-0.15, -0.1) is 0 Å². The zero-order chi connectivity index (χ0) is 13.6. The fraction of sp³-hybridized carbons (Fsp3) is 0.562. The van der Waals surface area contributed by atoms with E-state index in [-0.39, 0.29) is 5.54 Å². The molecule has 1 aliphatic rings. The van der Waals surface area contributed by atoms with Crippen LogP contribution in [0.5, 0.6) is 5.75 Å². The molecule has 1 atom stereocenters. The maximum absolute atomic E-state index is 9.42. The molecule has 0 amide bonds. The van der Waals surface area contributed by atoms with Crippen LogP contribution in [0.15, 0.2) is 30.3 Å². The van der Waals surface area contributed by atoms with Crippen LogP contribution in [0.25, 0.3) is 0 Å². The molecule has 1 N–H and O–H groups in total. The Bertz CT molecular complexity index is 422. The van der Waals surface area contributed by atoms with Gasteiger partial charge in [0.1, 0.15) is 11.3 Å². The van der Waals surface area contributed by atoms with E-state index < -0.39 is 0 Å². The third-order valence-electron chi connectivity index (χ3n) is 3.64. The lowest BCUT2D eigenvalue weighted by molar-refractivity contribution is 0.275. The molecule has 2 rings (SSSR count). The predicted molar refractivity (Wildman–Crippen MR) is 76.0 cm³/mol. The Balaban J connectivity index is 1.74. The third-order valence-corrected chi connectivity index (χ3v) is 3.64. The molecule has 1 saturated carbocycles. The van der Waals surface area contributed by atoms with E-state index in [1.165, 1.54) is 12.8 Å². The van der Waals surface area contributed by atoms with Crippen LogP contribution >= 0.6 is 0 Å². The van der Waals surface area contributed by atoms with Crippen LogP contribution in [0.3, 0.4) is 0 Å². The maximum Gasteiger partial charge on any atom is 0.119 e. The van der Waals surface area contributed by atoms with Gasteiger partial charge in [0, 0.05) is 6.04 Å². The lowest BCUT2D eigenvalue weighted by atomic mass is 9.92. The van der Waals surface area contributed by atoms with E-state index in [0.29, 0.717) is 12.6 Å². The number of hydrogen-bond acceptors (Lipinski definition) is 3. The normalized spacial score (nSPS) is 17.5. The van der Waals surface area contributed by atoms with E-state index in [4.69, 9.17) is 4.74 Å². The Morgan fingerprint density at radius 2 is 2.11 bits per heavy atom. The van der Waals surface area contributed by atoms with Gasteiger partial charge in [0.2, 0.25) is 0 Å². The molecule has 1 aromatic carbocycles. The Labute approximate surface area is 115 Å². The second-order valence-corrected chi connectivity index (χ2v) is 5.23. The Kier molecular flexibility index (Phi) is 4.81. The van der Waals surface area contributed by atoms with Crippen molar-refractivity contribution in [3.63, 3.8) is 0 Å². The van der Waals surface area contributed by atoms with E-state index in [0.717, 1.165) is 25.0 Å². The van der Waals surface area contributed by atoms with Gasteiger partial charge in [0.05, 0.1) is 12.7 Å². The van der Waals surface area contributed by atoms with Crippen molar-refractivity contribution in [1.82, 2.24) is 5.32 Å². The SMILES string of the molecule is CCC(C#N)(CCCOc1ccccc1)NC1CC1. The zero-order valence-electron chi connectivity index (χ0n) is 11.6. The van der Waals surface area contributed by atoms with Gasteiger partial charge in [-0.3, -0.25) is 5.32 Å². The molecule has 0 saturated heterocycles. The maximum atomic E-state index is 9.42. The number of benzene rings is 1. The first-order chi connectivity index (χ1) is 9.28. The number of nitrogens with zero attached hydrogens (tertiary/aromatic N) is 1. The fourth-order valence-electron chi connectivity index (χ4n) is 2.22. The first kappa shape index (κ1) is 13.9. The van der Waals surface area contributed by atoms with Crippen LogP contribution in [-0.2, 0) is 0 Å². The number of ether oxygens (including phenoxy) is 1. The highest BCUT2D eigenvalue weighted by molar-refractivity contribution is 5.20. The summed E-state index contributed by atoms with van der Waals surface area (Å²) < 4.78 is 5.67. The molecular formula is C16H22N2O. The average Bonchev–Trinajstić information content (AvgIpc) is 3.27. The Morgan fingerprint density at radius 3 is 2.68 bits per heavy atom. The summed E-state index contributed by atoms with van der Waals surface area (Å²) in [4.78, 5) is 0. The van der Waals surface area contributed by atoms with Crippen LogP contribution in [0.4, 0.5) is 0 Å². The van der Waals surface area contributed by atoms with E-state index in [9.17, 15) is 5.26 Å². The standard InChI is InChI=1S/C16H22N2O/c1-2-16(13-17,18-14-9-10-14)11-6-12-19-15-7-4-3-5-8-15/h3-5,7-8,14,18H,2,6,9-12H2,1H3. The molecule has 0 spiro atoms. The predicted octanol–water partition coefficient (Wildman–Crippen LogP) is 3.27. The van der Waals surface area contributed by atoms with E-state index in [1.54, 1.807) is 0 Å². The molecule has 1 aliphatic carbocycles. The minimum atomic E-state index is -0.360. The van der Waals surface area contributed by atoms with Gasteiger partial charge in [0.15, 0.2) is 0 Å². The summed E-state index contributed by atoms with van der Waals surface area (Å²) in [6.07, 6.45) is 5.03. The number of rotatable bonds is 8. The number of nitrogens with one attached hydrogen (secondary N) is 1. The number of para-hydroxylation sites is 1. The van der Waals surface area contributed by atoms with Crippen LogP contribution in [0.2, 0.25) is 0 Å². The number of nitriles is 1. The first-order valence-electron chi connectivity index (χ1n) is 7.15. The molecule has 1 fully saturated rings. The van der Waals surface area contributed by atoms with Crippen LogP contribution < -0.4 is 10.1 Å². The molecule has 0 aliphatic heterocycles. The van der Waals surface area contributed by atoms with Crippen molar-refractivity contribution >= 4 is 0 Å². The molecule has 0 radical (unpaired) electrons. The molecule has 0 bridgehead atoms. The van der Waals surface area contributed by atoms with Crippen LogP contribution in [0, 0.1) is 11.3 Å². The van der Waals surface area contributed by atoms with Crippen molar-refractivity contribution in [2.45, 2.75) is 50.6 Å². The van der Waals surface area contributed by atoms with Crippen molar-refractivity contribution < 1.29 is 4.74 Å². The van der Waals surface area contributed by atoms with Crippen molar-refractivity contribution in [1.29, 1.82) is 5.26 Å². The van der Waals surface area contributed by atoms with Crippen LogP contribution in [0.1, 0.15) is 39.0 Å². The minimum Gasteiger partial charge on any atom is -0.494 e. The third kappa shape index (κ3) is 4.25. The van der Waals surface area contributed by atoms with Gasteiger partial charge >= 0.3 is 0 Å². The molecule has 1 aromatic rings. The Morgan fingerprint density at radius 1 is 1.37 bits per heavy atom. The molecule has 0 heterocycles. The van der Waals surface area contributed by atoms with E-state index >= 15 is 0 Å². The van der Waals surface area contributed by atoms with Gasteiger partial charge in [-0.2, -0.15) is 5.26 Å². The lowest BCUT2D eigenvalue weighted by Crippen LogP contribution is -2.44. The molecule has 3 nitrogen and oxygen atoms in total. The summed E-state index contributed by atoms with van der Waals surface area (Å²) in [5.74, 6) is 0.900. The van der Waals surface area contributed by atoms with E-state index in [2.05, 4.69) is 18.3 Å². The summed E-state index contributed by atoms with van der Waals surface area (Å²) >= 11 is 0. The van der Waals surface area contributed by atoms with Gasteiger partial charge in [-0.1, -0.05) is 25.1 Å². The minimum absolute atomic E-state index is 0.360. The van der Waals surface area contributed by atoms with Crippen LogP contribution in [-0.4, -0.2) is 18.2 Å². The second kappa shape index (κ2) is 6.58. The zero-order valence-corrected chi connectivity index (χ0v) is 11.6. The molecule has 102 valence electrons. The average molecular weight is 258 g/mol. The van der Waals surface area contributed by atoms with Crippen molar-refractivity contribution in [2.75, 3.05) is 6.61 Å². The largest absolute Gasteiger partial charge is 0.494 e. The van der Waals surface area contributed by atoms with Gasteiger partial charge in [-0.05, 0) is 44.2 Å². The highest BCUT2D eigenvalue weighted by Gasteiger charge is 2.34. The summed E-state index contributed by atoms with van der Waals surface area (Å²) in [5, 5.41) is 12.9. The fourth-order valence-corrected chi connectivity index (χ4v) is 2.22. The summed E-state index contributed by atoms with van der Waals surface area (Å²) in [5.41, 5.74) is -0.360.